The van der Waals surface area contributed by atoms with Crippen molar-refractivity contribution in [2.24, 2.45) is 5.73 Å². The molecule has 1 aromatic carbocycles. The van der Waals surface area contributed by atoms with Crippen LogP contribution in [0.2, 0.25) is 5.02 Å². The summed E-state index contributed by atoms with van der Waals surface area (Å²) in [6, 6.07) is 7.60. The molecule has 1 aliphatic heterocycles. The smallest absolute Gasteiger partial charge is 0.405 e. The van der Waals surface area contributed by atoms with Gasteiger partial charge in [-0.2, -0.15) is 0 Å². The Hall–Kier alpha value is -1.83. The van der Waals surface area contributed by atoms with Crippen molar-refractivity contribution >= 4 is 23.6 Å². The van der Waals surface area contributed by atoms with Crippen LogP contribution in [0.4, 0.5) is 4.79 Å². The molecule has 0 aromatic heterocycles. The monoisotopic (exact) mass is 383 g/mol. The molecule has 0 spiro atoms. The van der Waals surface area contributed by atoms with Crippen LogP contribution in [0.3, 0.4) is 0 Å². The van der Waals surface area contributed by atoms with Gasteiger partial charge in [0.2, 0.25) is 6.10 Å². The van der Waals surface area contributed by atoms with Gasteiger partial charge in [0.25, 0.3) is 5.91 Å². The first-order valence-corrected chi connectivity index (χ1v) is 8.93. The van der Waals surface area contributed by atoms with Gasteiger partial charge in [-0.3, -0.25) is 4.79 Å². The van der Waals surface area contributed by atoms with Crippen molar-refractivity contribution in [2.45, 2.75) is 30.9 Å². The van der Waals surface area contributed by atoms with Crippen LogP contribution in [0.15, 0.2) is 24.3 Å². The zero-order valence-electron chi connectivity index (χ0n) is 15.2. The van der Waals surface area contributed by atoms with Crippen LogP contribution in [0.25, 0.3) is 0 Å². The number of nitrogens with one attached hydrogen (secondary N) is 1. The van der Waals surface area contributed by atoms with E-state index in [-0.39, 0.29) is 12.5 Å². The number of primary amides is 1. The maximum absolute atomic E-state index is 13.0. The average Bonchev–Trinajstić information content (AvgIpc) is 2.62. The first-order chi connectivity index (χ1) is 12.4. The largest absolute Gasteiger partial charge is 0.434 e. The molecule has 0 bridgehead atoms. The lowest BCUT2D eigenvalue weighted by Gasteiger charge is -2.46. The van der Waals surface area contributed by atoms with Gasteiger partial charge in [-0.25, -0.2) is 4.79 Å². The zero-order valence-corrected chi connectivity index (χ0v) is 15.9. The van der Waals surface area contributed by atoms with Crippen LogP contribution >= 0.6 is 11.6 Å². The van der Waals surface area contributed by atoms with E-state index in [0.29, 0.717) is 18.0 Å². The highest BCUT2D eigenvalue weighted by Gasteiger charge is 2.41. The number of nitrogens with zero attached hydrogens (tertiary/aromatic N) is 1. The van der Waals surface area contributed by atoms with Gasteiger partial charge in [-0.05, 0) is 43.5 Å². The number of amides is 2. The SMILES string of the molecule is COCC(OC(N)=O)C(=O)N(C)[C@@]1(Cc2ccc(Cl)cc2)CCCNC1. The maximum Gasteiger partial charge on any atom is 0.405 e. The predicted molar refractivity (Wildman–Crippen MR) is 99.1 cm³/mol. The van der Waals surface area contributed by atoms with Crippen molar-refractivity contribution in [3.63, 3.8) is 0 Å². The van der Waals surface area contributed by atoms with Gasteiger partial charge < -0.3 is 25.4 Å². The Balaban J connectivity index is 2.24. The fourth-order valence-corrected chi connectivity index (χ4v) is 3.51. The molecule has 0 saturated carbocycles. The number of rotatable bonds is 7. The summed E-state index contributed by atoms with van der Waals surface area (Å²) in [5.74, 6) is -0.330. The summed E-state index contributed by atoms with van der Waals surface area (Å²) in [7, 11) is 3.18. The van der Waals surface area contributed by atoms with Crippen LogP contribution in [0.5, 0.6) is 0 Å². The lowest BCUT2D eigenvalue weighted by Crippen LogP contribution is -2.62. The summed E-state index contributed by atoms with van der Waals surface area (Å²) in [5.41, 5.74) is 5.74. The number of likely N-dealkylation sites (N-methyl/N-ethyl adjacent to an activating group) is 1. The summed E-state index contributed by atoms with van der Waals surface area (Å²) in [6.07, 6.45) is 0.377. The van der Waals surface area contributed by atoms with Crippen molar-refractivity contribution in [3.05, 3.63) is 34.9 Å². The number of hydrogen-bond acceptors (Lipinski definition) is 5. The number of halogens is 1. The van der Waals surface area contributed by atoms with E-state index in [4.69, 9.17) is 26.8 Å². The molecule has 7 nitrogen and oxygen atoms in total. The molecule has 144 valence electrons. The molecule has 0 radical (unpaired) electrons. The Morgan fingerprint density at radius 2 is 2.08 bits per heavy atom. The van der Waals surface area contributed by atoms with E-state index in [0.717, 1.165) is 24.9 Å². The Kier molecular flexibility index (Phi) is 7.25. The average molecular weight is 384 g/mol. The van der Waals surface area contributed by atoms with Crippen LogP contribution in [0.1, 0.15) is 18.4 Å². The van der Waals surface area contributed by atoms with Crippen LogP contribution in [-0.4, -0.2) is 62.4 Å². The summed E-state index contributed by atoms with van der Waals surface area (Å²) >= 11 is 5.98. The van der Waals surface area contributed by atoms with Gasteiger partial charge in [-0.15, -0.1) is 0 Å². The molecule has 2 atom stereocenters. The third-order valence-electron chi connectivity index (χ3n) is 4.79. The molecule has 1 aromatic rings. The third-order valence-corrected chi connectivity index (χ3v) is 5.04. The highest BCUT2D eigenvalue weighted by molar-refractivity contribution is 6.30. The molecule has 26 heavy (non-hydrogen) atoms. The summed E-state index contributed by atoms with van der Waals surface area (Å²) in [4.78, 5) is 25.8. The van der Waals surface area contributed by atoms with Gasteiger partial charge in [0, 0.05) is 25.7 Å². The topological polar surface area (TPSA) is 93.9 Å². The second-order valence-corrected chi connectivity index (χ2v) is 7.02. The van der Waals surface area contributed by atoms with E-state index in [1.807, 2.05) is 24.3 Å². The number of ether oxygens (including phenoxy) is 2. The van der Waals surface area contributed by atoms with Gasteiger partial charge in [0.1, 0.15) is 0 Å². The second-order valence-electron chi connectivity index (χ2n) is 6.59. The highest BCUT2D eigenvalue weighted by atomic mass is 35.5. The molecule has 8 heteroatoms. The quantitative estimate of drug-likeness (QED) is 0.745. The van der Waals surface area contributed by atoms with Gasteiger partial charge >= 0.3 is 6.09 Å². The first-order valence-electron chi connectivity index (χ1n) is 8.56. The first kappa shape index (κ1) is 20.5. The minimum absolute atomic E-state index is 0.0451. The Labute approximate surface area is 158 Å². The highest BCUT2D eigenvalue weighted by Crippen LogP contribution is 2.29. The second kappa shape index (κ2) is 9.21. The lowest BCUT2D eigenvalue weighted by atomic mass is 9.82. The van der Waals surface area contributed by atoms with Crippen molar-refractivity contribution in [1.82, 2.24) is 10.2 Å². The Morgan fingerprint density at radius 1 is 1.38 bits per heavy atom. The van der Waals surface area contributed by atoms with Crippen molar-refractivity contribution in [3.8, 4) is 0 Å². The fourth-order valence-electron chi connectivity index (χ4n) is 3.39. The molecular formula is C18H26ClN3O4. The molecule has 1 unspecified atom stereocenters. The van der Waals surface area contributed by atoms with Crippen LogP contribution in [0, 0.1) is 0 Å². The molecule has 1 fully saturated rings. The number of benzene rings is 1. The number of methoxy groups -OCH3 is 1. The van der Waals surface area contributed by atoms with Crippen molar-refractivity contribution in [2.75, 3.05) is 33.9 Å². The summed E-state index contributed by atoms with van der Waals surface area (Å²) in [5, 5.41) is 4.04. The third kappa shape index (κ3) is 5.09. The molecular weight excluding hydrogens is 358 g/mol. The fraction of sp³-hybridized carbons (Fsp3) is 0.556. The lowest BCUT2D eigenvalue weighted by molar-refractivity contribution is -0.148. The predicted octanol–water partition coefficient (Wildman–Crippen LogP) is 1.57. The summed E-state index contributed by atoms with van der Waals surface area (Å²) in [6.45, 7) is 1.51. The Bertz CT molecular complexity index is 617. The maximum atomic E-state index is 13.0. The zero-order chi connectivity index (χ0) is 19.2. The number of hydrogen-bond donors (Lipinski definition) is 2. The molecule has 3 N–H and O–H groups in total. The standard InChI is InChI=1S/C18H26ClN3O4/c1-22(16(23)15(11-25-2)26-17(20)24)18(8-3-9-21-12-18)10-13-4-6-14(19)7-5-13/h4-7,15,21H,3,8-12H2,1-2H3,(H2,20,24)/t15?,18-/m1/s1. The van der Waals surface area contributed by atoms with Crippen LogP contribution in [-0.2, 0) is 20.7 Å². The van der Waals surface area contributed by atoms with E-state index in [9.17, 15) is 9.59 Å². The molecule has 2 rings (SSSR count). The van der Waals surface area contributed by atoms with Gasteiger partial charge in [0.15, 0.2) is 0 Å². The number of nitrogens with two attached hydrogens (primary N) is 1. The van der Waals surface area contributed by atoms with E-state index < -0.39 is 17.7 Å². The van der Waals surface area contributed by atoms with E-state index in [2.05, 4.69) is 5.32 Å². The molecule has 1 aliphatic rings. The number of carbonyl (C=O) groups excluding carboxylic acids is 2. The van der Waals surface area contributed by atoms with E-state index in [1.54, 1.807) is 11.9 Å². The number of carbonyl (C=O) groups is 2. The molecule has 2 amide bonds. The minimum Gasteiger partial charge on any atom is -0.434 e. The summed E-state index contributed by atoms with van der Waals surface area (Å²) < 4.78 is 9.98. The molecule has 1 heterocycles. The normalized spacial score (nSPS) is 21.0. The van der Waals surface area contributed by atoms with E-state index >= 15 is 0 Å². The van der Waals surface area contributed by atoms with Crippen molar-refractivity contribution in [1.29, 1.82) is 0 Å². The van der Waals surface area contributed by atoms with Gasteiger partial charge in [-0.1, -0.05) is 23.7 Å². The van der Waals surface area contributed by atoms with E-state index in [1.165, 1.54) is 7.11 Å². The molecule has 1 saturated heterocycles. The van der Waals surface area contributed by atoms with Gasteiger partial charge in [0.05, 0.1) is 12.1 Å². The minimum atomic E-state index is -1.06. The van der Waals surface area contributed by atoms with Crippen LogP contribution < -0.4 is 11.1 Å². The van der Waals surface area contributed by atoms with Crippen molar-refractivity contribution < 1.29 is 19.1 Å². The number of piperidine rings is 1. The molecule has 0 aliphatic carbocycles. The Morgan fingerprint density at radius 3 is 2.62 bits per heavy atom.